The molecule has 0 amide bonds. The van der Waals surface area contributed by atoms with Crippen molar-refractivity contribution in [3.63, 3.8) is 0 Å². The quantitative estimate of drug-likeness (QED) is 0.929. The van der Waals surface area contributed by atoms with Crippen LogP contribution in [0.5, 0.6) is 11.5 Å². The van der Waals surface area contributed by atoms with Crippen molar-refractivity contribution in [2.45, 2.75) is 13.0 Å². The fraction of sp³-hybridized carbons (Fsp3) is 0.133. The largest absolute Gasteiger partial charge is 0.457 e. The lowest BCUT2D eigenvalue weighted by Crippen LogP contribution is -1.97. The topological polar surface area (TPSA) is 53.2 Å². The van der Waals surface area contributed by atoms with Crippen LogP contribution in [0.3, 0.4) is 0 Å². The molecule has 20 heavy (non-hydrogen) atoms. The second-order valence-electron chi connectivity index (χ2n) is 4.22. The molecule has 0 aliphatic carbocycles. The number of hydrogen-bond acceptors (Lipinski definition) is 3. The first kappa shape index (κ1) is 14.0. The summed E-state index contributed by atoms with van der Waals surface area (Å²) in [4.78, 5) is 0. The second kappa shape index (κ2) is 5.68. The highest BCUT2D eigenvalue weighted by atomic mass is 19.2. The van der Waals surface area contributed by atoms with Crippen molar-refractivity contribution in [1.82, 2.24) is 0 Å². The first-order valence-corrected chi connectivity index (χ1v) is 5.86. The molecule has 0 saturated heterocycles. The predicted molar refractivity (Wildman–Crippen MR) is 68.2 cm³/mol. The van der Waals surface area contributed by atoms with Gasteiger partial charge in [0.2, 0.25) is 0 Å². The summed E-state index contributed by atoms with van der Waals surface area (Å²) in [7, 11) is 0. The minimum atomic E-state index is -1.03. The number of rotatable bonds is 3. The Balaban J connectivity index is 2.40. The van der Waals surface area contributed by atoms with Crippen LogP contribution < -0.4 is 4.74 Å². The lowest BCUT2D eigenvalue weighted by Gasteiger charge is -2.13. The van der Waals surface area contributed by atoms with Crippen LogP contribution in [0, 0.1) is 23.0 Å². The minimum Gasteiger partial charge on any atom is -0.457 e. The third-order valence-corrected chi connectivity index (χ3v) is 2.71. The molecule has 0 radical (unpaired) electrons. The van der Waals surface area contributed by atoms with Gasteiger partial charge in [-0.3, -0.25) is 0 Å². The predicted octanol–water partition coefficient (Wildman–Crippen LogP) is 3.68. The molecule has 1 unspecified atom stereocenters. The van der Waals surface area contributed by atoms with Crippen molar-refractivity contribution >= 4 is 0 Å². The average molecular weight is 275 g/mol. The zero-order valence-electron chi connectivity index (χ0n) is 10.6. The molecule has 0 bridgehead atoms. The molecule has 3 nitrogen and oxygen atoms in total. The molecule has 0 aromatic heterocycles. The van der Waals surface area contributed by atoms with Gasteiger partial charge in [-0.15, -0.1) is 0 Å². The summed E-state index contributed by atoms with van der Waals surface area (Å²) in [6.45, 7) is 1.54. The van der Waals surface area contributed by atoms with Crippen LogP contribution in [0.4, 0.5) is 8.78 Å². The van der Waals surface area contributed by atoms with Crippen molar-refractivity contribution < 1.29 is 18.6 Å². The summed E-state index contributed by atoms with van der Waals surface area (Å²) >= 11 is 0. The van der Waals surface area contributed by atoms with Crippen LogP contribution in [0.15, 0.2) is 36.4 Å². The van der Waals surface area contributed by atoms with Crippen LogP contribution in [-0.2, 0) is 0 Å². The molecule has 1 N–H and O–H groups in total. The molecule has 0 heterocycles. The van der Waals surface area contributed by atoms with Gasteiger partial charge in [-0.1, -0.05) is 6.07 Å². The first-order valence-electron chi connectivity index (χ1n) is 5.86. The number of nitriles is 1. The molecule has 102 valence electrons. The number of aliphatic hydroxyl groups is 1. The van der Waals surface area contributed by atoms with E-state index in [2.05, 4.69) is 0 Å². The molecule has 0 aliphatic heterocycles. The van der Waals surface area contributed by atoms with E-state index in [0.717, 1.165) is 12.1 Å². The number of hydrogen-bond donors (Lipinski definition) is 1. The SMILES string of the molecule is CC(O)c1ccc(C#N)cc1Oc1ccc(F)c(F)c1. The Hall–Kier alpha value is -2.45. The fourth-order valence-corrected chi connectivity index (χ4v) is 1.70. The second-order valence-corrected chi connectivity index (χ2v) is 4.22. The molecule has 0 spiro atoms. The molecule has 0 aliphatic rings. The lowest BCUT2D eigenvalue weighted by atomic mass is 10.1. The van der Waals surface area contributed by atoms with Crippen LogP contribution >= 0.6 is 0 Å². The molecule has 1 atom stereocenters. The van der Waals surface area contributed by atoms with E-state index in [-0.39, 0.29) is 11.5 Å². The monoisotopic (exact) mass is 275 g/mol. The molecule has 0 saturated carbocycles. The number of benzene rings is 2. The van der Waals surface area contributed by atoms with E-state index in [1.807, 2.05) is 6.07 Å². The number of ether oxygens (including phenoxy) is 1. The van der Waals surface area contributed by atoms with E-state index >= 15 is 0 Å². The molecule has 0 fully saturated rings. The van der Waals surface area contributed by atoms with Gasteiger partial charge in [0.05, 0.1) is 17.7 Å². The highest BCUT2D eigenvalue weighted by Crippen LogP contribution is 2.31. The van der Waals surface area contributed by atoms with Crippen molar-refractivity contribution in [2.24, 2.45) is 0 Å². The molecule has 2 rings (SSSR count). The van der Waals surface area contributed by atoms with Gasteiger partial charge in [-0.2, -0.15) is 5.26 Å². The Morgan fingerprint density at radius 3 is 2.50 bits per heavy atom. The van der Waals surface area contributed by atoms with Gasteiger partial charge in [0.25, 0.3) is 0 Å². The Morgan fingerprint density at radius 1 is 1.15 bits per heavy atom. The summed E-state index contributed by atoms with van der Waals surface area (Å²) in [5, 5.41) is 18.5. The zero-order chi connectivity index (χ0) is 14.7. The number of nitrogens with zero attached hydrogens (tertiary/aromatic N) is 1. The van der Waals surface area contributed by atoms with Crippen LogP contribution in [0.1, 0.15) is 24.2 Å². The standard InChI is InChI=1S/C15H11F2NO2/c1-9(19)12-4-2-10(8-18)6-15(12)20-11-3-5-13(16)14(17)7-11/h2-7,9,19H,1H3. The third-order valence-electron chi connectivity index (χ3n) is 2.71. The summed E-state index contributed by atoms with van der Waals surface area (Å²) in [5.74, 6) is -1.69. The summed E-state index contributed by atoms with van der Waals surface area (Å²) in [5.41, 5.74) is 0.792. The number of halogens is 2. The average Bonchev–Trinajstić information content (AvgIpc) is 2.42. The Morgan fingerprint density at radius 2 is 1.90 bits per heavy atom. The van der Waals surface area contributed by atoms with Crippen LogP contribution in [0.25, 0.3) is 0 Å². The van der Waals surface area contributed by atoms with E-state index in [1.165, 1.54) is 12.1 Å². The van der Waals surface area contributed by atoms with Crippen LogP contribution in [-0.4, -0.2) is 5.11 Å². The van der Waals surface area contributed by atoms with E-state index < -0.39 is 17.7 Å². The van der Waals surface area contributed by atoms with Gasteiger partial charge in [-0.25, -0.2) is 8.78 Å². The first-order chi connectivity index (χ1) is 9.51. The minimum absolute atomic E-state index is 0.0842. The van der Waals surface area contributed by atoms with Gasteiger partial charge in [-0.05, 0) is 31.2 Å². The van der Waals surface area contributed by atoms with E-state index in [0.29, 0.717) is 11.1 Å². The lowest BCUT2D eigenvalue weighted by molar-refractivity contribution is 0.195. The molecular weight excluding hydrogens is 264 g/mol. The van der Waals surface area contributed by atoms with E-state index in [9.17, 15) is 13.9 Å². The van der Waals surface area contributed by atoms with Gasteiger partial charge in [0.15, 0.2) is 11.6 Å². The number of aliphatic hydroxyl groups excluding tert-OH is 1. The smallest absolute Gasteiger partial charge is 0.162 e. The third kappa shape index (κ3) is 2.92. The van der Waals surface area contributed by atoms with Crippen LogP contribution in [0.2, 0.25) is 0 Å². The van der Waals surface area contributed by atoms with Gasteiger partial charge >= 0.3 is 0 Å². The summed E-state index contributed by atoms with van der Waals surface area (Å²) < 4.78 is 31.4. The maximum atomic E-state index is 13.1. The Bertz CT molecular complexity index is 678. The van der Waals surface area contributed by atoms with Gasteiger partial charge in [0.1, 0.15) is 11.5 Å². The Kier molecular flexibility index (Phi) is 3.97. The Labute approximate surface area is 114 Å². The maximum absolute atomic E-state index is 13.1. The van der Waals surface area contributed by atoms with Crippen molar-refractivity contribution in [2.75, 3.05) is 0 Å². The highest BCUT2D eigenvalue weighted by Gasteiger charge is 2.12. The molecule has 5 heteroatoms. The van der Waals surface area contributed by atoms with Crippen molar-refractivity contribution in [1.29, 1.82) is 5.26 Å². The highest BCUT2D eigenvalue weighted by molar-refractivity contribution is 5.45. The molecule has 2 aromatic carbocycles. The van der Waals surface area contributed by atoms with Crippen molar-refractivity contribution in [3.05, 3.63) is 59.2 Å². The van der Waals surface area contributed by atoms with Crippen molar-refractivity contribution in [3.8, 4) is 17.6 Å². The summed E-state index contributed by atoms with van der Waals surface area (Å²) in [6, 6.07) is 9.59. The van der Waals surface area contributed by atoms with Gasteiger partial charge < -0.3 is 9.84 Å². The zero-order valence-corrected chi connectivity index (χ0v) is 10.6. The fourth-order valence-electron chi connectivity index (χ4n) is 1.70. The molecule has 2 aromatic rings. The van der Waals surface area contributed by atoms with E-state index in [1.54, 1.807) is 19.1 Å². The maximum Gasteiger partial charge on any atom is 0.162 e. The van der Waals surface area contributed by atoms with E-state index in [4.69, 9.17) is 10.00 Å². The van der Waals surface area contributed by atoms with Gasteiger partial charge in [0, 0.05) is 11.6 Å². The molecular formula is C15H11F2NO2. The normalized spacial score (nSPS) is 11.8. The summed E-state index contributed by atoms with van der Waals surface area (Å²) in [6.07, 6.45) is -0.817.